The van der Waals surface area contributed by atoms with Crippen LogP contribution in [0.5, 0.6) is 0 Å². The predicted octanol–water partition coefficient (Wildman–Crippen LogP) is 4.24. The third kappa shape index (κ3) is 3.65. The van der Waals surface area contributed by atoms with E-state index in [1.807, 2.05) is 30.3 Å². The minimum absolute atomic E-state index is 0.182. The number of nitrogens with one attached hydrogen (secondary N) is 2. The summed E-state index contributed by atoms with van der Waals surface area (Å²) in [5.74, 6) is -0.182. The second-order valence-corrected chi connectivity index (χ2v) is 6.86. The van der Waals surface area contributed by atoms with Gasteiger partial charge in [-0.05, 0) is 48.9 Å². The molecule has 4 rings (SSSR count). The van der Waals surface area contributed by atoms with E-state index < -0.39 is 6.03 Å². The van der Waals surface area contributed by atoms with Gasteiger partial charge in [0.2, 0.25) is 0 Å². The van der Waals surface area contributed by atoms with Crippen molar-refractivity contribution in [1.82, 2.24) is 9.88 Å². The van der Waals surface area contributed by atoms with Crippen molar-refractivity contribution in [2.45, 2.75) is 20.0 Å². The first-order chi connectivity index (χ1) is 14.1. The van der Waals surface area contributed by atoms with Crippen molar-refractivity contribution in [2.24, 2.45) is 5.73 Å². The summed E-state index contributed by atoms with van der Waals surface area (Å²) in [6.45, 7) is 3.34. The lowest BCUT2D eigenvalue weighted by Gasteiger charge is -2.08. The number of primary amides is 1. The van der Waals surface area contributed by atoms with Crippen molar-refractivity contribution in [3.63, 3.8) is 0 Å². The van der Waals surface area contributed by atoms with Gasteiger partial charge in [0, 0.05) is 46.1 Å². The molecule has 0 saturated carbocycles. The Balaban J connectivity index is 1.58. The van der Waals surface area contributed by atoms with Crippen molar-refractivity contribution in [2.75, 3.05) is 5.32 Å². The molecule has 29 heavy (non-hydrogen) atoms. The van der Waals surface area contributed by atoms with Gasteiger partial charge in [0.1, 0.15) is 0 Å². The minimum atomic E-state index is -0.577. The number of anilines is 1. The zero-order valence-electron chi connectivity index (χ0n) is 16.1. The molecule has 0 unspecified atom stereocenters. The molecule has 0 bridgehead atoms. The van der Waals surface area contributed by atoms with E-state index in [4.69, 9.17) is 5.73 Å². The van der Waals surface area contributed by atoms with Gasteiger partial charge in [-0.15, -0.1) is 0 Å². The van der Waals surface area contributed by atoms with Crippen LogP contribution in [0.3, 0.4) is 0 Å². The number of benzene rings is 3. The fraction of sp³-hybridized carbons (Fsp3) is 0.130. The zero-order valence-corrected chi connectivity index (χ0v) is 16.1. The first-order valence-electron chi connectivity index (χ1n) is 9.51. The van der Waals surface area contributed by atoms with Gasteiger partial charge in [0.05, 0.1) is 0 Å². The standard InChI is InChI=1S/C23H22N4O2/c1-2-27-20-6-4-3-5-18(20)19-13-17(11-12-21(19)27)26-22(28)16-9-7-15(8-10-16)14-25-23(24)29/h3-13H,2,14H2,1H3,(H,26,28)(H3,24,25,29). The quantitative estimate of drug-likeness (QED) is 0.479. The number of aromatic nitrogens is 1. The van der Waals surface area contributed by atoms with Crippen LogP contribution in [0, 0.1) is 0 Å². The molecule has 0 atom stereocenters. The fourth-order valence-corrected chi connectivity index (χ4v) is 3.64. The molecule has 0 aliphatic heterocycles. The van der Waals surface area contributed by atoms with Crippen molar-refractivity contribution in [3.05, 3.63) is 77.9 Å². The van der Waals surface area contributed by atoms with Crippen molar-refractivity contribution in [1.29, 1.82) is 0 Å². The SMILES string of the molecule is CCn1c2ccccc2c2cc(NC(=O)c3ccc(CNC(N)=O)cc3)ccc21. The molecule has 0 aliphatic carbocycles. The molecule has 0 radical (unpaired) electrons. The monoisotopic (exact) mass is 386 g/mol. The Morgan fingerprint density at radius 2 is 1.66 bits per heavy atom. The largest absolute Gasteiger partial charge is 0.352 e. The van der Waals surface area contributed by atoms with E-state index in [0.29, 0.717) is 12.1 Å². The summed E-state index contributed by atoms with van der Waals surface area (Å²) in [7, 11) is 0. The number of nitrogens with two attached hydrogens (primary N) is 1. The molecular formula is C23H22N4O2. The number of carbonyl (C=O) groups excluding carboxylic acids is 2. The van der Waals surface area contributed by atoms with E-state index in [1.165, 1.54) is 10.9 Å². The van der Waals surface area contributed by atoms with E-state index in [1.54, 1.807) is 24.3 Å². The van der Waals surface area contributed by atoms with E-state index in [0.717, 1.165) is 28.7 Å². The van der Waals surface area contributed by atoms with Crippen LogP contribution in [0.2, 0.25) is 0 Å². The number of hydrogen-bond donors (Lipinski definition) is 3. The number of para-hydroxylation sites is 1. The summed E-state index contributed by atoms with van der Waals surface area (Å²) in [6.07, 6.45) is 0. The number of rotatable bonds is 5. The number of fused-ring (bicyclic) bond motifs is 3. The van der Waals surface area contributed by atoms with Crippen molar-refractivity contribution >= 4 is 39.4 Å². The second kappa shape index (κ2) is 7.67. The highest BCUT2D eigenvalue weighted by molar-refractivity contribution is 6.11. The number of aryl methyl sites for hydroxylation is 1. The van der Waals surface area contributed by atoms with Crippen LogP contribution < -0.4 is 16.4 Å². The maximum Gasteiger partial charge on any atom is 0.312 e. The molecule has 4 N–H and O–H groups in total. The Morgan fingerprint density at radius 1 is 0.931 bits per heavy atom. The molecule has 6 heteroatoms. The van der Waals surface area contributed by atoms with Crippen LogP contribution in [0.25, 0.3) is 21.8 Å². The van der Waals surface area contributed by atoms with Crippen LogP contribution in [0.15, 0.2) is 66.7 Å². The first kappa shape index (κ1) is 18.6. The molecule has 0 spiro atoms. The first-order valence-corrected chi connectivity index (χ1v) is 9.51. The third-order valence-corrected chi connectivity index (χ3v) is 5.03. The number of hydrogen-bond acceptors (Lipinski definition) is 2. The molecule has 1 heterocycles. The lowest BCUT2D eigenvalue weighted by molar-refractivity contribution is 0.102. The Labute approximate surface area is 168 Å². The molecule has 3 aromatic carbocycles. The van der Waals surface area contributed by atoms with Gasteiger partial charge < -0.3 is 20.9 Å². The Bertz CT molecular complexity index is 1210. The molecule has 0 saturated heterocycles. The van der Waals surface area contributed by atoms with Crippen LogP contribution >= 0.6 is 0 Å². The highest BCUT2D eigenvalue weighted by Crippen LogP contribution is 2.31. The molecule has 6 nitrogen and oxygen atoms in total. The summed E-state index contributed by atoms with van der Waals surface area (Å²) >= 11 is 0. The molecule has 146 valence electrons. The fourth-order valence-electron chi connectivity index (χ4n) is 3.64. The average molecular weight is 386 g/mol. The summed E-state index contributed by atoms with van der Waals surface area (Å²) in [6, 6.07) is 20.8. The van der Waals surface area contributed by atoms with E-state index in [2.05, 4.69) is 34.3 Å². The zero-order chi connectivity index (χ0) is 20.4. The van der Waals surface area contributed by atoms with Gasteiger partial charge in [-0.3, -0.25) is 4.79 Å². The Morgan fingerprint density at radius 3 is 2.38 bits per heavy atom. The van der Waals surface area contributed by atoms with Crippen LogP contribution in [-0.4, -0.2) is 16.5 Å². The van der Waals surface area contributed by atoms with Crippen LogP contribution in [-0.2, 0) is 13.1 Å². The van der Waals surface area contributed by atoms with Crippen LogP contribution in [0.1, 0.15) is 22.8 Å². The highest BCUT2D eigenvalue weighted by atomic mass is 16.2. The average Bonchev–Trinajstić information content (AvgIpc) is 3.05. The van der Waals surface area contributed by atoms with Crippen molar-refractivity contribution in [3.8, 4) is 0 Å². The van der Waals surface area contributed by atoms with Gasteiger partial charge in [0.25, 0.3) is 5.91 Å². The van der Waals surface area contributed by atoms with E-state index >= 15 is 0 Å². The van der Waals surface area contributed by atoms with Crippen LogP contribution in [0.4, 0.5) is 10.5 Å². The summed E-state index contributed by atoms with van der Waals surface area (Å²) in [5, 5.41) is 7.79. The maximum atomic E-state index is 12.6. The number of amides is 3. The highest BCUT2D eigenvalue weighted by Gasteiger charge is 2.11. The molecule has 3 amide bonds. The number of carbonyl (C=O) groups is 2. The topological polar surface area (TPSA) is 89.2 Å². The van der Waals surface area contributed by atoms with Gasteiger partial charge >= 0.3 is 6.03 Å². The maximum absolute atomic E-state index is 12.6. The van der Waals surface area contributed by atoms with Gasteiger partial charge in [-0.25, -0.2) is 4.79 Å². The van der Waals surface area contributed by atoms with Gasteiger partial charge in [0.15, 0.2) is 0 Å². The molecular weight excluding hydrogens is 364 g/mol. The Kier molecular flexibility index (Phi) is 4.91. The molecule has 1 aromatic heterocycles. The summed E-state index contributed by atoms with van der Waals surface area (Å²) in [4.78, 5) is 23.4. The normalized spacial score (nSPS) is 10.9. The molecule has 4 aromatic rings. The van der Waals surface area contributed by atoms with E-state index in [-0.39, 0.29) is 5.91 Å². The summed E-state index contributed by atoms with van der Waals surface area (Å²) < 4.78 is 2.27. The second-order valence-electron chi connectivity index (χ2n) is 6.86. The molecule has 0 fully saturated rings. The van der Waals surface area contributed by atoms with Crippen molar-refractivity contribution < 1.29 is 9.59 Å². The lowest BCUT2D eigenvalue weighted by atomic mass is 10.1. The third-order valence-electron chi connectivity index (χ3n) is 5.03. The summed E-state index contributed by atoms with van der Waals surface area (Å²) in [5.41, 5.74) is 9.58. The van der Waals surface area contributed by atoms with Gasteiger partial charge in [-0.1, -0.05) is 30.3 Å². The van der Waals surface area contributed by atoms with Gasteiger partial charge in [-0.2, -0.15) is 0 Å². The number of urea groups is 1. The number of nitrogens with zero attached hydrogens (tertiary/aromatic N) is 1. The smallest absolute Gasteiger partial charge is 0.312 e. The predicted molar refractivity (Wildman–Crippen MR) is 116 cm³/mol. The minimum Gasteiger partial charge on any atom is -0.352 e. The Hall–Kier alpha value is -3.80. The molecule has 0 aliphatic rings. The lowest BCUT2D eigenvalue weighted by Crippen LogP contribution is -2.28. The van der Waals surface area contributed by atoms with E-state index in [9.17, 15) is 9.59 Å².